The van der Waals surface area contributed by atoms with Crippen LogP contribution in [-0.4, -0.2) is 10.4 Å². The number of rotatable bonds is 2. The summed E-state index contributed by atoms with van der Waals surface area (Å²) in [5.74, 6) is 0.254. The van der Waals surface area contributed by atoms with Gasteiger partial charge in [0.15, 0.2) is 5.78 Å². The van der Waals surface area contributed by atoms with Crippen LogP contribution >= 0.6 is 0 Å². The maximum Gasteiger partial charge on any atom is 0.164 e. The summed E-state index contributed by atoms with van der Waals surface area (Å²) in [6.07, 6.45) is 7.71. The van der Waals surface area contributed by atoms with Crippen molar-refractivity contribution in [2.45, 2.75) is 32.2 Å². The van der Waals surface area contributed by atoms with E-state index < -0.39 is 0 Å². The Kier molecular flexibility index (Phi) is 3.39. The molecule has 1 aromatic heterocycles. The van der Waals surface area contributed by atoms with Crippen LogP contribution in [0.25, 0.3) is 0 Å². The van der Waals surface area contributed by atoms with Crippen molar-refractivity contribution in [1.82, 2.24) is 4.57 Å². The highest BCUT2D eigenvalue weighted by Crippen LogP contribution is 2.22. The second-order valence-electron chi connectivity index (χ2n) is 5.27. The quantitative estimate of drug-likeness (QED) is 0.781. The van der Waals surface area contributed by atoms with Gasteiger partial charge in [0.25, 0.3) is 0 Å². The number of fused-ring (bicyclic) bond motifs is 1. The number of ketones is 1. The van der Waals surface area contributed by atoms with Crippen LogP contribution in [0.5, 0.6) is 0 Å². The summed E-state index contributed by atoms with van der Waals surface area (Å²) in [6, 6.07) is 9.82. The molecule has 0 atom stereocenters. The number of aromatic nitrogens is 1. The molecule has 0 amide bonds. The number of nitrogens with zero attached hydrogens (tertiary/aromatic N) is 2. The molecule has 3 nitrogen and oxygen atoms in total. The van der Waals surface area contributed by atoms with Gasteiger partial charge in [0.1, 0.15) is 0 Å². The lowest BCUT2D eigenvalue weighted by atomic mass is 10.1. The first-order valence-corrected chi connectivity index (χ1v) is 6.98. The van der Waals surface area contributed by atoms with Crippen LogP contribution < -0.4 is 0 Å². The zero-order valence-electron chi connectivity index (χ0n) is 11.3. The van der Waals surface area contributed by atoms with E-state index in [0.717, 1.165) is 36.0 Å². The summed E-state index contributed by atoms with van der Waals surface area (Å²) in [6.45, 7) is 0.643. The molecule has 1 aliphatic carbocycles. The lowest BCUT2D eigenvalue weighted by Crippen LogP contribution is -2.00. The van der Waals surface area contributed by atoms with Crippen molar-refractivity contribution in [2.75, 3.05) is 0 Å². The summed E-state index contributed by atoms with van der Waals surface area (Å²) in [5.41, 5.74) is 3.72. The highest BCUT2D eigenvalue weighted by molar-refractivity contribution is 5.97. The molecule has 0 spiro atoms. The first-order valence-electron chi connectivity index (χ1n) is 6.98. The highest BCUT2D eigenvalue weighted by Gasteiger charge is 2.17. The molecule has 20 heavy (non-hydrogen) atoms. The smallest absolute Gasteiger partial charge is 0.164 e. The predicted molar refractivity (Wildman–Crippen MR) is 76.6 cm³/mol. The number of carbonyl (C=O) groups excluding carboxylic acids is 1. The van der Waals surface area contributed by atoms with Gasteiger partial charge in [0, 0.05) is 30.9 Å². The van der Waals surface area contributed by atoms with E-state index in [-0.39, 0.29) is 5.78 Å². The van der Waals surface area contributed by atoms with Gasteiger partial charge in [-0.1, -0.05) is 18.2 Å². The molecule has 0 fully saturated rings. The summed E-state index contributed by atoms with van der Waals surface area (Å²) < 4.78 is 2.03. The van der Waals surface area contributed by atoms with Crippen LogP contribution in [0.1, 0.15) is 46.3 Å². The summed E-state index contributed by atoms with van der Waals surface area (Å²) in [4.78, 5) is 12.0. The van der Waals surface area contributed by atoms with Crippen LogP contribution in [-0.2, 0) is 13.0 Å². The fourth-order valence-electron chi connectivity index (χ4n) is 2.80. The number of nitriles is 1. The molecule has 0 unspecified atom stereocenters. The molecule has 0 bridgehead atoms. The zero-order valence-corrected chi connectivity index (χ0v) is 11.3. The predicted octanol–water partition coefficient (Wildman–Crippen LogP) is 3.32. The number of benzene rings is 1. The van der Waals surface area contributed by atoms with Gasteiger partial charge in [-0.2, -0.15) is 5.26 Å². The molecule has 100 valence electrons. The minimum absolute atomic E-state index is 0.254. The molecule has 0 radical (unpaired) electrons. The molecule has 1 aromatic carbocycles. The van der Waals surface area contributed by atoms with E-state index >= 15 is 0 Å². The second kappa shape index (κ2) is 5.34. The summed E-state index contributed by atoms with van der Waals surface area (Å²) in [7, 11) is 0. The largest absolute Gasteiger partial charge is 0.349 e. The lowest BCUT2D eigenvalue weighted by molar-refractivity contribution is 0.0982. The molecule has 1 aliphatic rings. The minimum atomic E-state index is 0.254. The zero-order chi connectivity index (χ0) is 13.9. The Morgan fingerprint density at radius 3 is 2.80 bits per heavy atom. The van der Waals surface area contributed by atoms with Gasteiger partial charge < -0.3 is 4.57 Å². The fraction of sp³-hybridized carbons (Fsp3) is 0.294. The first-order chi connectivity index (χ1) is 9.78. The Balaban J connectivity index is 1.91. The van der Waals surface area contributed by atoms with E-state index in [1.807, 2.05) is 35.0 Å². The standard InChI is InChI=1S/C17H16N2O/c18-9-13-5-1-2-6-14(13)10-19-11-15-7-3-4-8-17(20)16(15)12-19/h1-2,5-6,11-12H,3-4,7-8,10H2. The molecule has 0 saturated heterocycles. The first kappa shape index (κ1) is 12.7. The van der Waals surface area contributed by atoms with Crippen molar-refractivity contribution in [2.24, 2.45) is 0 Å². The van der Waals surface area contributed by atoms with Crippen molar-refractivity contribution < 1.29 is 4.79 Å². The average molecular weight is 264 g/mol. The number of carbonyl (C=O) groups is 1. The van der Waals surface area contributed by atoms with Gasteiger partial charge in [0.2, 0.25) is 0 Å². The van der Waals surface area contributed by atoms with E-state index in [4.69, 9.17) is 5.26 Å². The van der Waals surface area contributed by atoms with Crippen LogP contribution in [0.4, 0.5) is 0 Å². The molecular formula is C17H16N2O. The third-order valence-corrected chi connectivity index (χ3v) is 3.85. The number of hydrogen-bond donors (Lipinski definition) is 0. The summed E-state index contributed by atoms with van der Waals surface area (Å²) >= 11 is 0. The normalized spacial score (nSPS) is 14.4. The molecule has 2 aromatic rings. The molecule has 3 rings (SSSR count). The van der Waals surface area contributed by atoms with Gasteiger partial charge in [-0.15, -0.1) is 0 Å². The number of hydrogen-bond acceptors (Lipinski definition) is 2. The topological polar surface area (TPSA) is 45.8 Å². The van der Waals surface area contributed by atoms with E-state index in [2.05, 4.69) is 12.3 Å². The Labute approximate surface area is 118 Å². The van der Waals surface area contributed by atoms with Crippen LogP contribution in [0.2, 0.25) is 0 Å². The van der Waals surface area contributed by atoms with E-state index in [1.165, 1.54) is 0 Å². The van der Waals surface area contributed by atoms with Crippen molar-refractivity contribution in [1.29, 1.82) is 5.26 Å². The fourth-order valence-corrected chi connectivity index (χ4v) is 2.80. The Morgan fingerprint density at radius 1 is 1.15 bits per heavy atom. The van der Waals surface area contributed by atoms with Gasteiger partial charge in [-0.05, 0) is 36.5 Å². The van der Waals surface area contributed by atoms with Crippen molar-refractivity contribution in [3.8, 4) is 6.07 Å². The second-order valence-corrected chi connectivity index (χ2v) is 5.27. The third-order valence-electron chi connectivity index (χ3n) is 3.85. The Hall–Kier alpha value is -2.34. The monoisotopic (exact) mass is 264 g/mol. The van der Waals surface area contributed by atoms with Crippen molar-refractivity contribution >= 4 is 5.78 Å². The van der Waals surface area contributed by atoms with E-state index in [1.54, 1.807) is 0 Å². The van der Waals surface area contributed by atoms with Gasteiger partial charge >= 0.3 is 0 Å². The van der Waals surface area contributed by atoms with E-state index in [9.17, 15) is 4.79 Å². The molecule has 0 N–H and O–H groups in total. The third kappa shape index (κ3) is 2.37. The molecule has 1 heterocycles. The maximum atomic E-state index is 12.0. The molecule has 3 heteroatoms. The van der Waals surface area contributed by atoms with Crippen molar-refractivity contribution in [3.63, 3.8) is 0 Å². The maximum absolute atomic E-state index is 12.0. The minimum Gasteiger partial charge on any atom is -0.349 e. The van der Waals surface area contributed by atoms with E-state index in [0.29, 0.717) is 18.5 Å². The highest BCUT2D eigenvalue weighted by atomic mass is 16.1. The van der Waals surface area contributed by atoms with Crippen molar-refractivity contribution in [3.05, 3.63) is 58.9 Å². The van der Waals surface area contributed by atoms with Crippen LogP contribution in [0, 0.1) is 11.3 Å². The van der Waals surface area contributed by atoms with Crippen LogP contribution in [0.3, 0.4) is 0 Å². The van der Waals surface area contributed by atoms with Crippen LogP contribution in [0.15, 0.2) is 36.7 Å². The molecule has 0 saturated carbocycles. The lowest BCUT2D eigenvalue weighted by Gasteiger charge is -2.05. The SMILES string of the molecule is N#Cc1ccccc1Cn1cc2c(c1)C(=O)CCCC2. The molecular weight excluding hydrogens is 248 g/mol. The van der Waals surface area contributed by atoms with Gasteiger partial charge in [-0.25, -0.2) is 0 Å². The number of Topliss-reactive ketones (excluding diaryl/α,β-unsaturated/α-hetero) is 1. The Bertz CT molecular complexity index is 691. The number of aryl methyl sites for hydroxylation is 1. The molecule has 0 aliphatic heterocycles. The Morgan fingerprint density at radius 2 is 1.95 bits per heavy atom. The average Bonchev–Trinajstić information content (AvgIpc) is 2.79. The van der Waals surface area contributed by atoms with Gasteiger partial charge in [0.05, 0.1) is 11.6 Å². The van der Waals surface area contributed by atoms with Gasteiger partial charge in [-0.3, -0.25) is 4.79 Å². The summed E-state index contributed by atoms with van der Waals surface area (Å²) in [5, 5.41) is 9.12.